The van der Waals surface area contributed by atoms with Gasteiger partial charge in [-0.3, -0.25) is 0 Å². The van der Waals surface area contributed by atoms with Gasteiger partial charge in [-0.15, -0.1) is 0 Å². The zero-order valence-corrected chi connectivity index (χ0v) is 11.8. The van der Waals surface area contributed by atoms with Crippen LogP contribution in [0, 0.1) is 12.8 Å². The topological polar surface area (TPSA) is 21.3 Å². The van der Waals surface area contributed by atoms with E-state index in [9.17, 15) is 0 Å². The van der Waals surface area contributed by atoms with E-state index >= 15 is 0 Å². The van der Waals surface area contributed by atoms with Crippen molar-refractivity contribution >= 4 is 0 Å². The molecule has 1 aromatic carbocycles. The summed E-state index contributed by atoms with van der Waals surface area (Å²) in [6.45, 7) is 5.35. The van der Waals surface area contributed by atoms with Crippen LogP contribution in [0.2, 0.25) is 0 Å². The van der Waals surface area contributed by atoms with Gasteiger partial charge in [-0.1, -0.05) is 31.2 Å². The van der Waals surface area contributed by atoms with Crippen LogP contribution in [0.5, 0.6) is 0 Å². The molecule has 0 aromatic heterocycles. The van der Waals surface area contributed by atoms with Crippen molar-refractivity contribution in [3.8, 4) is 0 Å². The van der Waals surface area contributed by atoms with Crippen LogP contribution >= 0.6 is 0 Å². The summed E-state index contributed by atoms with van der Waals surface area (Å²) in [7, 11) is 2.08. The molecular weight excluding hydrogens is 222 g/mol. The van der Waals surface area contributed by atoms with Crippen LogP contribution in [0.1, 0.15) is 30.9 Å². The third kappa shape index (κ3) is 2.93. The molecular formula is C16H25NO. The van der Waals surface area contributed by atoms with Gasteiger partial charge in [0.25, 0.3) is 0 Å². The van der Waals surface area contributed by atoms with Crippen LogP contribution in [-0.4, -0.2) is 25.8 Å². The molecule has 1 aromatic rings. The zero-order chi connectivity index (χ0) is 13.0. The van der Waals surface area contributed by atoms with Crippen molar-refractivity contribution in [3.63, 3.8) is 0 Å². The molecule has 1 aliphatic heterocycles. The van der Waals surface area contributed by atoms with Gasteiger partial charge in [-0.2, -0.15) is 0 Å². The molecule has 1 aliphatic rings. The first kappa shape index (κ1) is 13.6. The summed E-state index contributed by atoms with van der Waals surface area (Å²) in [5.41, 5.74) is 2.85. The molecule has 100 valence electrons. The minimum absolute atomic E-state index is 0.437. The Morgan fingerprint density at radius 1 is 1.39 bits per heavy atom. The van der Waals surface area contributed by atoms with Gasteiger partial charge in [-0.25, -0.2) is 0 Å². The van der Waals surface area contributed by atoms with E-state index in [0.29, 0.717) is 18.1 Å². The van der Waals surface area contributed by atoms with Crippen molar-refractivity contribution in [2.24, 2.45) is 5.92 Å². The lowest BCUT2D eigenvalue weighted by Gasteiger charge is -2.27. The number of hydrogen-bond donors (Lipinski definition) is 1. The number of benzene rings is 1. The summed E-state index contributed by atoms with van der Waals surface area (Å²) >= 11 is 0. The normalized spacial score (nSPS) is 25.3. The average molecular weight is 247 g/mol. The summed E-state index contributed by atoms with van der Waals surface area (Å²) < 4.78 is 5.83. The predicted octanol–water partition coefficient (Wildman–Crippen LogP) is 2.94. The number of aryl methyl sites for hydroxylation is 1. The van der Waals surface area contributed by atoms with Gasteiger partial charge < -0.3 is 10.1 Å². The second-order valence-corrected chi connectivity index (χ2v) is 5.30. The van der Waals surface area contributed by atoms with Crippen molar-refractivity contribution in [1.82, 2.24) is 5.32 Å². The summed E-state index contributed by atoms with van der Waals surface area (Å²) in [6, 6.07) is 9.22. The quantitative estimate of drug-likeness (QED) is 0.864. The van der Waals surface area contributed by atoms with Crippen molar-refractivity contribution in [3.05, 3.63) is 35.4 Å². The highest BCUT2D eigenvalue weighted by Crippen LogP contribution is 2.28. The molecule has 0 aliphatic carbocycles. The Bertz CT molecular complexity index is 377. The molecule has 1 fully saturated rings. The minimum Gasteiger partial charge on any atom is -0.378 e. The summed E-state index contributed by atoms with van der Waals surface area (Å²) in [4.78, 5) is 0. The molecule has 2 heteroatoms. The van der Waals surface area contributed by atoms with Crippen LogP contribution < -0.4 is 5.32 Å². The van der Waals surface area contributed by atoms with Gasteiger partial charge in [0.1, 0.15) is 0 Å². The van der Waals surface area contributed by atoms with E-state index in [1.807, 2.05) is 0 Å². The highest BCUT2D eigenvalue weighted by atomic mass is 16.5. The van der Waals surface area contributed by atoms with E-state index < -0.39 is 0 Å². The number of hydrogen-bond acceptors (Lipinski definition) is 2. The summed E-state index contributed by atoms with van der Waals surface area (Å²) in [5, 5.41) is 3.50. The first-order chi connectivity index (χ1) is 8.76. The summed E-state index contributed by atoms with van der Waals surface area (Å²) in [5.74, 6) is 0.652. The molecule has 2 nitrogen and oxygen atoms in total. The number of likely N-dealkylation sites (N-methyl/N-ethyl adjacent to an activating group) is 1. The van der Waals surface area contributed by atoms with Crippen molar-refractivity contribution < 1.29 is 4.74 Å². The molecule has 0 radical (unpaired) electrons. The van der Waals surface area contributed by atoms with E-state index in [4.69, 9.17) is 4.74 Å². The van der Waals surface area contributed by atoms with Crippen LogP contribution in [0.25, 0.3) is 0 Å². The Morgan fingerprint density at radius 3 is 2.83 bits per heavy atom. The maximum absolute atomic E-state index is 5.83. The zero-order valence-electron chi connectivity index (χ0n) is 11.8. The molecule has 0 amide bonds. The first-order valence-corrected chi connectivity index (χ1v) is 7.09. The summed E-state index contributed by atoms with van der Waals surface area (Å²) in [6.07, 6.45) is 3.85. The van der Waals surface area contributed by atoms with Gasteiger partial charge in [-0.05, 0) is 44.4 Å². The Labute approximate surface area is 111 Å². The van der Waals surface area contributed by atoms with Gasteiger partial charge in [0.05, 0.1) is 6.10 Å². The molecule has 1 heterocycles. The monoisotopic (exact) mass is 247 g/mol. The minimum atomic E-state index is 0.437. The molecule has 1 saturated heterocycles. The predicted molar refractivity (Wildman–Crippen MR) is 75.9 cm³/mol. The highest BCUT2D eigenvalue weighted by Gasteiger charge is 2.32. The molecule has 3 atom stereocenters. The Morgan fingerprint density at radius 2 is 2.17 bits per heavy atom. The van der Waals surface area contributed by atoms with Gasteiger partial charge >= 0.3 is 0 Å². The van der Waals surface area contributed by atoms with Crippen molar-refractivity contribution in [2.75, 3.05) is 13.7 Å². The molecule has 3 unspecified atom stereocenters. The third-order valence-corrected chi connectivity index (χ3v) is 4.25. The van der Waals surface area contributed by atoms with E-state index in [1.165, 1.54) is 17.5 Å². The number of ether oxygens (including phenoxy) is 1. The fourth-order valence-electron chi connectivity index (χ4n) is 3.09. The van der Waals surface area contributed by atoms with Crippen LogP contribution in [0.4, 0.5) is 0 Å². The first-order valence-electron chi connectivity index (χ1n) is 7.09. The van der Waals surface area contributed by atoms with Crippen molar-refractivity contribution in [1.29, 1.82) is 0 Å². The van der Waals surface area contributed by atoms with E-state index in [2.05, 4.69) is 50.5 Å². The molecule has 0 spiro atoms. The van der Waals surface area contributed by atoms with E-state index in [0.717, 1.165) is 19.4 Å². The van der Waals surface area contributed by atoms with Gasteiger partial charge in [0.2, 0.25) is 0 Å². The van der Waals surface area contributed by atoms with E-state index in [1.54, 1.807) is 0 Å². The smallest absolute Gasteiger partial charge is 0.0616 e. The van der Waals surface area contributed by atoms with Crippen LogP contribution in [-0.2, 0) is 11.2 Å². The molecule has 18 heavy (non-hydrogen) atoms. The van der Waals surface area contributed by atoms with Crippen molar-refractivity contribution in [2.45, 2.75) is 45.3 Å². The third-order valence-electron chi connectivity index (χ3n) is 4.25. The maximum Gasteiger partial charge on any atom is 0.0616 e. The SMILES string of the molecule is CCC1OCCC1C(Cc1ccccc1C)NC. The molecule has 0 saturated carbocycles. The largest absolute Gasteiger partial charge is 0.378 e. The standard InChI is InChI=1S/C16H25NO/c1-4-16-14(9-10-18-16)15(17-3)11-13-8-6-5-7-12(13)2/h5-8,14-17H,4,9-11H2,1-3H3. The van der Waals surface area contributed by atoms with Gasteiger partial charge in [0.15, 0.2) is 0 Å². The molecule has 1 N–H and O–H groups in total. The molecule has 0 bridgehead atoms. The fourth-order valence-corrected chi connectivity index (χ4v) is 3.09. The van der Waals surface area contributed by atoms with Gasteiger partial charge in [0, 0.05) is 18.6 Å². The average Bonchev–Trinajstić information content (AvgIpc) is 2.86. The number of rotatable bonds is 5. The Hall–Kier alpha value is -0.860. The van der Waals surface area contributed by atoms with Crippen LogP contribution in [0.3, 0.4) is 0 Å². The second-order valence-electron chi connectivity index (χ2n) is 5.30. The number of nitrogens with one attached hydrogen (secondary N) is 1. The van der Waals surface area contributed by atoms with Crippen LogP contribution in [0.15, 0.2) is 24.3 Å². The maximum atomic E-state index is 5.83. The lowest BCUT2D eigenvalue weighted by atomic mass is 9.86. The lowest BCUT2D eigenvalue weighted by Crippen LogP contribution is -2.39. The van der Waals surface area contributed by atoms with E-state index in [-0.39, 0.29) is 0 Å². The fraction of sp³-hybridized carbons (Fsp3) is 0.625. The second kappa shape index (κ2) is 6.35. The Balaban J connectivity index is 2.07. The lowest BCUT2D eigenvalue weighted by molar-refractivity contribution is 0.0783. The Kier molecular flexibility index (Phi) is 4.79. The highest BCUT2D eigenvalue weighted by molar-refractivity contribution is 5.26. The molecule has 2 rings (SSSR count).